The van der Waals surface area contributed by atoms with E-state index in [1.54, 1.807) is 16.0 Å². The Morgan fingerprint density at radius 1 is 0.836 bits per heavy atom. The number of likely N-dealkylation sites (tertiary alicyclic amines) is 2. The third-order valence-electron chi connectivity index (χ3n) is 10.2. The van der Waals surface area contributed by atoms with Gasteiger partial charge in [0.1, 0.15) is 29.9 Å². The van der Waals surface area contributed by atoms with E-state index in [1.807, 2.05) is 27.0 Å². The highest BCUT2D eigenvalue weighted by atomic mass is 19.4. The number of hydrogen-bond acceptors (Lipinski definition) is 8. The lowest BCUT2D eigenvalue weighted by Crippen LogP contribution is -2.49. The molecule has 3 unspecified atom stereocenters. The van der Waals surface area contributed by atoms with Crippen LogP contribution in [0.3, 0.4) is 0 Å². The van der Waals surface area contributed by atoms with Crippen molar-refractivity contribution in [3.63, 3.8) is 0 Å². The van der Waals surface area contributed by atoms with Gasteiger partial charge >= 0.3 is 18.4 Å². The number of ether oxygens (including phenoxy) is 3. The number of rotatable bonds is 11. The van der Waals surface area contributed by atoms with Gasteiger partial charge in [-0.1, -0.05) is 24.3 Å². The molecule has 0 bridgehead atoms. The van der Waals surface area contributed by atoms with Crippen molar-refractivity contribution in [2.75, 3.05) is 33.4 Å². The van der Waals surface area contributed by atoms with Gasteiger partial charge in [-0.3, -0.25) is 9.69 Å². The van der Waals surface area contributed by atoms with Gasteiger partial charge in [0.25, 0.3) is 0 Å². The molecule has 0 radical (unpaired) electrons. The van der Waals surface area contributed by atoms with Crippen LogP contribution in [-0.2, 0) is 19.0 Å². The van der Waals surface area contributed by atoms with Gasteiger partial charge in [0.15, 0.2) is 0 Å². The van der Waals surface area contributed by atoms with Crippen LogP contribution in [0.4, 0.5) is 22.8 Å². The van der Waals surface area contributed by atoms with E-state index in [0.717, 1.165) is 68.4 Å². The normalized spacial score (nSPS) is 21.1. The van der Waals surface area contributed by atoms with Crippen molar-refractivity contribution in [2.24, 2.45) is 0 Å². The minimum absolute atomic E-state index is 0.131. The van der Waals surface area contributed by atoms with Gasteiger partial charge in [-0.2, -0.15) is 13.2 Å². The molecule has 2 aromatic rings. The van der Waals surface area contributed by atoms with Gasteiger partial charge in [0.2, 0.25) is 5.91 Å². The number of carbonyl (C=O) groups is 3. The Morgan fingerprint density at radius 2 is 1.35 bits per heavy atom. The lowest BCUT2D eigenvalue weighted by atomic mass is 9.86. The number of methoxy groups -OCH3 is 1. The topological polar surface area (TPSA) is 155 Å². The Labute approximate surface area is 318 Å². The number of alkyl carbamates (subject to hydrolysis) is 1. The SMILES string of the molecule is COC(=O)NC(CCOCC(F)(F)F)C(=O)N1CCCC1c1ncc(C2=CC=C(C3=CC=C(c4cnc(C5CCCN5C(=O)OC(C)(C)C)[nH]4)CC3)CC2)[nH]1. The molecule has 13 nitrogen and oxygen atoms in total. The number of carbonyl (C=O) groups excluding carboxylic acids is 3. The van der Waals surface area contributed by atoms with Crippen LogP contribution in [0.25, 0.3) is 11.1 Å². The number of aromatic nitrogens is 4. The molecule has 2 aliphatic carbocycles. The van der Waals surface area contributed by atoms with E-state index >= 15 is 0 Å². The largest absolute Gasteiger partial charge is 0.453 e. The minimum Gasteiger partial charge on any atom is -0.453 e. The smallest absolute Gasteiger partial charge is 0.411 e. The van der Waals surface area contributed by atoms with E-state index in [9.17, 15) is 27.6 Å². The molecule has 3 amide bonds. The van der Waals surface area contributed by atoms with Crippen molar-refractivity contribution >= 4 is 29.2 Å². The number of H-pyrrole nitrogens is 2. The summed E-state index contributed by atoms with van der Waals surface area (Å²) < 4.78 is 52.7. The monoisotopic (exact) mass is 769 g/mol. The molecule has 298 valence electrons. The predicted molar refractivity (Wildman–Crippen MR) is 197 cm³/mol. The Hall–Kier alpha value is -4.86. The summed E-state index contributed by atoms with van der Waals surface area (Å²) in [6.45, 7) is 4.86. The lowest BCUT2D eigenvalue weighted by Gasteiger charge is -2.28. The van der Waals surface area contributed by atoms with E-state index in [-0.39, 0.29) is 31.2 Å². The first kappa shape index (κ1) is 39.8. The predicted octanol–water partition coefficient (Wildman–Crippen LogP) is 7.47. The van der Waals surface area contributed by atoms with Gasteiger partial charge in [0.05, 0.1) is 43.0 Å². The molecule has 4 heterocycles. The first-order valence-corrected chi connectivity index (χ1v) is 18.9. The fraction of sp³-hybridized carbons (Fsp3) is 0.564. The highest BCUT2D eigenvalue weighted by Crippen LogP contribution is 2.38. The molecule has 55 heavy (non-hydrogen) atoms. The highest BCUT2D eigenvalue weighted by Gasteiger charge is 2.38. The van der Waals surface area contributed by atoms with Crippen LogP contribution >= 0.6 is 0 Å². The Kier molecular flexibility index (Phi) is 12.2. The number of nitrogens with one attached hydrogen (secondary N) is 3. The van der Waals surface area contributed by atoms with Crippen molar-refractivity contribution in [3.8, 4) is 0 Å². The lowest BCUT2D eigenvalue weighted by molar-refractivity contribution is -0.174. The first-order chi connectivity index (χ1) is 26.2. The van der Waals surface area contributed by atoms with Crippen molar-refractivity contribution in [2.45, 2.75) is 108 Å². The molecule has 4 aliphatic rings. The summed E-state index contributed by atoms with van der Waals surface area (Å²) in [5.41, 5.74) is 6.09. The number of halogens is 3. The van der Waals surface area contributed by atoms with E-state index in [1.165, 1.54) is 16.7 Å². The van der Waals surface area contributed by atoms with Gasteiger partial charge in [-0.25, -0.2) is 19.6 Å². The molecule has 0 aromatic carbocycles. The van der Waals surface area contributed by atoms with Crippen LogP contribution in [0.1, 0.15) is 114 Å². The molecule has 2 aromatic heterocycles. The quantitative estimate of drug-likeness (QED) is 0.199. The van der Waals surface area contributed by atoms with Crippen molar-refractivity contribution in [3.05, 3.63) is 70.9 Å². The average Bonchev–Trinajstić information content (AvgIpc) is 3.98. The van der Waals surface area contributed by atoms with Crippen LogP contribution in [0.2, 0.25) is 0 Å². The van der Waals surface area contributed by atoms with E-state index in [0.29, 0.717) is 31.8 Å². The molecule has 2 fully saturated rings. The number of aromatic amines is 2. The molecule has 0 spiro atoms. The maximum atomic E-state index is 13.6. The second-order valence-corrected chi connectivity index (χ2v) is 15.3. The third kappa shape index (κ3) is 10.1. The summed E-state index contributed by atoms with van der Waals surface area (Å²) in [6, 6.07) is -1.63. The first-order valence-electron chi connectivity index (χ1n) is 18.9. The summed E-state index contributed by atoms with van der Waals surface area (Å²) in [4.78, 5) is 57.9. The van der Waals surface area contributed by atoms with Gasteiger partial charge in [0, 0.05) is 26.1 Å². The Bertz CT molecular complexity index is 1850. The number of hydrogen-bond donors (Lipinski definition) is 3. The highest BCUT2D eigenvalue weighted by molar-refractivity contribution is 5.86. The van der Waals surface area contributed by atoms with Crippen molar-refractivity contribution < 1.29 is 41.8 Å². The Morgan fingerprint density at radius 3 is 1.84 bits per heavy atom. The van der Waals surface area contributed by atoms with Gasteiger partial charge in [-0.05, 0) is 94.4 Å². The molecular formula is C39H50F3N7O6. The summed E-state index contributed by atoms with van der Waals surface area (Å²) in [5, 5.41) is 2.45. The molecule has 2 saturated heterocycles. The number of nitrogens with zero attached hydrogens (tertiary/aromatic N) is 4. The summed E-state index contributed by atoms with van der Waals surface area (Å²) in [7, 11) is 1.15. The number of amides is 3. The van der Waals surface area contributed by atoms with Crippen molar-refractivity contribution in [1.29, 1.82) is 0 Å². The second kappa shape index (κ2) is 16.9. The van der Waals surface area contributed by atoms with Gasteiger partial charge in [-0.15, -0.1) is 0 Å². The zero-order valence-corrected chi connectivity index (χ0v) is 31.8. The molecule has 2 aliphatic heterocycles. The summed E-state index contributed by atoms with van der Waals surface area (Å²) in [6.07, 6.45) is 12.9. The summed E-state index contributed by atoms with van der Waals surface area (Å²) in [5.74, 6) is 0.960. The fourth-order valence-electron chi connectivity index (χ4n) is 7.55. The molecule has 16 heteroatoms. The van der Waals surface area contributed by atoms with E-state index in [4.69, 9.17) is 9.47 Å². The van der Waals surface area contributed by atoms with Crippen LogP contribution in [0, 0.1) is 0 Å². The zero-order chi connectivity index (χ0) is 39.3. The maximum absolute atomic E-state index is 13.6. The molecule has 3 atom stereocenters. The zero-order valence-electron chi connectivity index (χ0n) is 31.8. The third-order valence-corrected chi connectivity index (χ3v) is 10.2. The number of allylic oxidation sites excluding steroid dienone is 8. The van der Waals surface area contributed by atoms with Crippen LogP contribution in [-0.4, -0.2) is 99.1 Å². The summed E-state index contributed by atoms with van der Waals surface area (Å²) >= 11 is 0. The van der Waals surface area contributed by atoms with E-state index in [2.05, 4.69) is 54.3 Å². The van der Waals surface area contributed by atoms with Crippen LogP contribution < -0.4 is 5.32 Å². The van der Waals surface area contributed by atoms with Crippen molar-refractivity contribution in [1.82, 2.24) is 35.1 Å². The average molecular weight is 770 g/mol. The number of alkyl halides is 3. The molecular weight excluding hydrogens is 719 g/mol. The maximum Gasteiger partial charge on any atom is 0.411 e. The van der Waals surface area contributed by atoms with Crippen LogP contribution in [0.15, 0.2) is 47.8 Å². The number of imidazole rings is 2. The Balaban J connectivity index is 1.08. The van der Waals surface area contributed by atoms with Crippen LogP contribution in [0.5, 0.6) is 0 Å². The van der Waals surface area contributed by atoms with E-state index < -0.39 is 36.4 Å². The second-order valence-electron chi connectivity index (χ2n) is 15.3. The fourth-order valence-corrected chi connectivity index (χ4v) is 7.55. The minimum atomic E-state index is -4.50. The van der Waals surface area contributed by atoms with Gasteiger partial charge < -0.3 is 34.4 Å². The molecule has 3 N–H and O–H groups in total. The molecule has 6 rings (SSSR count). The molecule has 0 saturated carbocycles. The standard InChI is InChI=1S/C39H50F3N7O6/c1-38(2,3)55-37(52)49-19-6-8-32(49)34-44-22-30(46-34)27-15-11-25(12-16-27)24-9-13-26(14-10-24)29-21-43-33(45-29)31-7-5-18-48(31)35(50)28(47-36(51)53-4)17-20-54-23-39(40,41)42/h9,11,13,15,21-22,28,31-32H,5-8,10,12,14,16-20,23H2,1-4H3,(H,43,45)(H,44,46)(H,47,51).